The van der Waals surface area contributed by atoms with Crippen LogP contribution in [0.15, 0.2) is 36.9 Å². The Morgan fingerprint density at radius 3 is 2.86 bits per heavy atom. The van der Waals surface area contributed by atoms with Crippen molar-refractivity contribution in [2.75, 3.05) is 12.4 Å². The lowest BCUT2D eigenvalue weighted by molar-refractivity contribution is 0.410. The second-order valence-electron chi connectivity index (χ2n) is 4.59. The van der Waals surface area contributed by atoms with Crippen LogP contribution in [0.3, 0.4) is 0 Å². The van der Waals surface area contributed by atoms with E-state index in [1.54, 1.807) is 19.8 Å². The molecule has 6 nitrogen and oxygen atoms in total. The molecule has 0 spiro atoms. The summed E-state index contributed by atoms with van der Waals surface area (Å²) in [5.41, 5.74) is 2.70. The van der Waals surface area contributed by atoms with Crippen LogP contribution in [0, 0.1) is 0 Å². The van der Waals surface area contributed by atoms with E-state index in [9.17, 15) is 0 Å². The van der Waals surface area contributed by atoms with Crippen molar-refractivity contribution in [2.24, 2.45) is 0 Å². The summed E-state index contributed by atoms with van der Waals surface area (Å²) >= 11 is 0. The molecule has 6 heteroatoms. The standard InChI is InChI=1S/C15H17N5O/c1-3-20-10-19-13-14(17-9-18-15(13)20)16-8-11-6-4-5-7-12(11)21-2/h4-7,9-10H,3,8H2,1-2H3,(H,16,17,18). The summed E-state index contributed by atoms with van der Waals surface area (Å²) in [6.07, 6.45) is 3.34. The second-order valence-corrected chi connectivity index (χ2v) is 4.59. The Hall–Kier alpha value is -2.63. The van der Waals surface area contributed by atoms with Gasteiger partial charge in [0.1, 0.15) is 17.6 Å². The number of rotatable bonds is 5. The van der Waals surface area contributed by atoms with Crippen LogP contribution in [0.1, 0.15) is 12.5 Å². The molecule has 0 unspecified atom stereocenters. The number of benzene rings is 1. The molecule has 0 bridgehead atoms. The van der Waals surface area contributed by atoms with Crippen molar-refractivity contribution < 1.29 is 4.74 Å². The largest absolute Gasteiger partial charge is 0.496 e. The number of ether oxygens (including phenoxy) is 1. The van der Waals surface area contributed by atoms with Gasteiger partial charge in [0.2, 0.25) is 0 Å². The molecule has 1 aromatic carbocycles. The molecule has 1 N–H and O–H groups in total. The van der Waals surface area contributed by atoms with Gasteiger partial charge in [0.15, 0.2) is 11.5 Å². The number of fused-ring (bicyclic) bond motifs is 1. The minimum Gasteiger partial charge on any atom is -0.496 e. The van der Waals surface area contributed by atoms with Gasteiger partial charge < -0.3 is 14.6 Å². The zero-order chi connectivity index (χ0) is 14.7. The molecular weight excluding hydrogens is 266 g/mol. The number of imidazole rings is 1. The first-order valence-electron chi connectivity index (χ1n) is 6.85. The topological polar surface area (TPSA) is 64.9 Å². The quantitative estimate of drug-likeness (QED) is 0.779. The molecule has 0 radical (unpaired) electrons. The van der Waals surface area contributed by atoms with E-state index in [0.717, 1.165) is 34.8 Å². The Balaban J connectivity index is 1.87. The Kier molecular flexibility index (Phi) is 3.68. The maximum Gasteiger partial charge on any atom is 0.165 e. The van der Waals surface area contributed by atoms with Crippen LogP contribution >= 0.6 is 0 Å². The minimum atomic E-state index is 0.620. The van der Waals surface area contributed by atoms with Crippen LogP contribution in [0.5, 0.6) is 5.75 Å². The molecule has 0 atom stereocenters. The van der Waals surface area contributed by atoms with Gasteiger partial charge in [-0.3, -0.25) is 0 Å². The van der Waals surface area contributed by atoms with Crippen LogP contribution in [0.25, 0.3) is 11.2 Å². The highest BCUT2D eigenvalue weighted by atomic mass is 16.5. The van der Waals surface area contributed by atoms with Crippen molar-refractivity contribution in [2.45, 2.75) is 20.0 Å². The van der Waals surface area contributed by atoms with E-state index >= 15 is 0 Å². The maximum atomic E-state index is 5.35. The van der Waals surface area contributed by atoms with Gasteiger partial charge in [-0.1, -0.05) is 18.2 Å². The molecule has 3 rings (SSSR count). The summed E-state index contributed by atoms with van der Waals surface area (Å²) in [4.78, 5) is 13.0. The average molecular weight is 283 g/mol. The van der Waals surface area contributed by atoms with Crippen molar-refractivity contribution in [3.05, 3.63) is 42.5 Å². The third-order valence-corrected chi connectivity index (χ3v) is 3.38. The Morgan fingerprint density at radius 1 is 1.19 bits per heavy atom. The Morgan fingerprint density at radius 2 is 2.05 bits per heavy atom. The molecule has 0 saturated carbocycles. The number of para-hydroxylation sites is 1. The third kappa shape index (κ3) is 2.52. The zero-order valence-electron chi connectivity index (χ0n) is 12.1. The van der Waals surface area contributed by atoms with Crippen molar-refractivity contribution in [1.82, 2.24) is 19.5 Å². The van der Waals surface area contributed by atoms with Crippen LogP contribution in [-0.4, -0.2) is 26.6 Å². The minimum absolute atomic E-state index is 0.620. The first-order chi connectivity index (χ1) is 10.3. The van der Waals surface area contributed by atoms with Crippen LogP contribution < -0.4 is 10.1 Å². The Labute approximate surface area is 122 Å². The molecule has 3 aromatic rings. The summed E-state index contributed by atoms with van der Waals surface area (Å²) in [7, 11) is 1.67. The Bertz CT molecular complexity index is 753. The molecule has 0 saturated heterocycles. The average Bonchev–Trinajstić information content (AvgIpc) is 2.96. The predicted octanol–water partition coefficient (Wildman–Crippen LogP) is 2.47. The van der Waals surface area contributed by atoms with Crippen LogP contribution in [0.4, 0.5) is 5.82 Å². The predicted molar refractivity (Wildman–Crippen MR) is 81.3 cm³/mol. The van der Waals surface area contributed by atoms with E-state index < -0.39 is 0 Å². The molecule has 2 aromatic heterocycles. The van der Waals surface area contributed by atoms with Crippen LogP contribution in [0.2, 0.25) is 0 Å². The maximum absolute atomic E-state index is 5.35. The van der Waals surface area contributed by atoms with Gasteiger partial charge in [0.05, 0.1) is 13.4 Å². The molecule has 0 aliphatic heterocycles. The molecule has 108 valence electrons. The van der Waals surface area contributed by atoms with Gasteiger partial charge >= 0.3 is 0 Å². The SMILES string of the molecule is CCn1cnc2c(NCc3ccccc3OC)ncnc21. The number of methoxy groups -OCH3 is 1. The van der Waals surface area contributed by atoms with E-state index in [4.69, 9.17) is 4.74 Å². The van der Waals surface area contributed by atoms with Crippen molar-refractivity contribution in [1.29, 1.82) is 0 Å². The van der Waals surface area contributed by atoms with Gasteiger partial charge in [-0.2, -0.15) is 0 Å². The molecule has 0 amide bonds. The second kappa shape index (κ2) is 5.78. The normalized spacial score (nSPS) is 10.8. The molecule has 0 aliphatic carbocycles. The van der Waals surface area contributed by atoms with Gasteiger partial charge in [-0.25, -0.2) is 15.0 Å². The van der Waals surface area contributed by atoms with Gasteiger partial charge in [-0.15, -0.1) is 0 Å². The third-order valence-electron chi connectivity index (χ3n) is 3.38. The number of nitrogens with zero attached hydrogens (tertiary/aromatic N) is 4. The van der Waals surface area contributed by atoms with Gasteiger partial charge in [-0.05, 0) is 13.0 Å². The van der Waals surface area contributed by atoms with E-state index in [-0.39, 0.29) is 0 Å². The van der Waals surface area contributed by atoms with Gasteiger partial charge in [0.25, 0.3) is 0 Å². The lowest BCUT2D eigenvalue weighted by Crippen LogP contribution is -2.04. The van der Waals surface area contributed by atoms with Crippen molar-refractivity contribution in [3.8, 4) is 5.75 Å². The van der Waals surface area contributed by atoms with E-state index in [2.05, 4.69) is 27.2 Å². The van der Waals surface area contributed by atoms with Crippen molar-refractivity contribution in [3.63, 3.8) is 0 Å². The first-order valence-corrected chi connectivity index (χ1v) is 6.85. The monoisotopic (exact) mass is 283 g/mol. The fourth-order valence-corrected chi connectivity index (χ4v) is 2.27. The summed E-state index contributed by atoms with van der Waals surface area (Å²) in [6, 6.07) is 7.91. The fourth-order valence-electron chi connectivity index (χ4n) is 2.27. The molecule has 0 fully saturated rings. The number of hydrogen-bond donors (Lipinski definition) is 1. The summed E-state index contributed by atoms with van der Waals surface area (Å²) in [6.45, 7) is 3.51. The number of aromatic nitrogens is 4. The summed E-state index contributed by atoms with van der Waals surface area (Å²) in [5, 5.41) is 3.31. The summed E-state index contributed by atoms with van der Waals surface area (Å²) < 4.78 is 7.34. The van der Waals surface area contributed by atoms with Crippen LogP contribution in [-0.2, 0) is 13.1 Å². The highest BCUT2D eigenvalue weighted by Gasteiger charge is 2.09. The molecule has 2 heterocycles. The lowest BCUT2D eigenvalue weighted by atomic mass is 10.2. The molecule has 21 heavy (non-hydrogen) atoms. The van der Waals surface area contributed by atoms with Crippen molar-refractivity contribution >= 4 is 17.0 Å². The molecular formula is C15H17N5O. The highest BCUT2D eigenvalue weighted by Crippen LogP contribution is 2.21. The number of anilines is 1. The fraction of sp³-hybridized carbons (Fsp3) is 0.267. The van der Waals surface area contributed by atoms with E-state index in [1.807, 2.05) is 28.8 Å². The lowest BCUT2D eigenvalue weighted by Gasteiger charge is -2.10. The summed E-state index contributed by atoms with van der Waals surface area (Å²) in [5.74, 6) is 1.59. The number of nitrogens with one attached hydrogen (secondary N) is 1. The smallest absolute Gasteiger partial charge is 0.165 e. The first kappa shape index (κ1) is 13.4. The van der Waals surface area contributed by atoms with Gasteiger partial charge in [0, 0.05) is 18.7 Å². The number of aryl methyl sites for hydroxylation is 1. The molecule has 0 aliphatic rings. The zero-order valence-corrected chi connectivity index (χ0v) is 12.1. The number of hydrogen-bond acceptors (Lipinski definition) is 5. The van der Waals surface area contributed by atoms with E-state index in [1.165, 1.54) is 0 Å². The van der Waals surface area contributed by atoms with E-state index in [0.29, 0.717) is 6.54 Å². The highest BCUT2D eigenvalue weighted by molar-refractivity contribution is 5.82.